The number of carbonyl (C=O) groups excluding carboxylic acids is 1. The van der Waals surface area contributed by atoms with Crippen LogP contribution < -0.4 is 15.3 Å². The molecule has 174 valence electrons. The first kappa shape index (κ1) is 23.0. The molecule has 33 heavy (non-hydrogen) atoms. The van der Waals surface area contributed by atoms with E-state index in [9.17, 15) is 4.79 Å². The second-order valence-electron chi connectivity index (χ2n) is 8.05. The molecule has 1 amide bonds. The third-order valence-electron chi connectivity index (χ3n) is 5.97. The molecule has 3 aromatic rings. The van der Waals surface area contributed by atoms with Crippen molar-refractivity contribution in [3.8, 4) is 22.9 Å². The minimum atomic E-state index is 0.105. The van der Waals surface area contributed by atoms with E-state index in [0.29, 0.717) is 28.4 Å². The highest BCUT2D eigenvalue weighted by molar-refractivity contribution is 7.99. The molecule has 2 heterocycles. The predicted octanol–water partition coefficient (Wildman–Crippen LogP) is 3.25. The first-order valence-electron chi connectivity index (χ1n) is 11.0. The number of rotatable bonds is 8. The highest BCUT2D eigenvalue weighted by atomic mass is 32.2. The summed E-state index contributed by atoms with van der Waals surface area (Å²) in [6, 6.07) is 16.0. The largest absolute Gasteiger partial charge is 0.493 e. The van der Waals surface area contributed by atoms with E-state index in [1.54, 1.807) is 26.4 Å². The average Bonchev–Trinajstić information content (AvgIpc) is 3.23. The Bertz CT molecular complexity index is 1080. The van der Waals surface area contributed by atoms with Crippen molar-refractivity contribution in [1.29, 1.82) is 0 Å². The molecule has 4 rings (SSSR count). The van der Waals surface area contributed by atoms with Gasteiger partial charge in [0.25, 0.3) is 0 Å². The molecule has 0 bridgehead atoms. The van der Waals surface area contributed by atoms with E-state index in [4.69, 9.17) is 15.3 Å². The number of thioether (sulfide) groups is 1. The zero-order valence-corrected chi connectivity index (χ0v) is 19.8. The number of aromatic nitrogens is 3. The van der Waals surface area contributed by atoms with Crippen molar-refractivity contribution in [1.82, 2.24) is 19.8 Å². The van der Waals surface area contributed by atoms with Gasteiger partial charge in [-0.1, -0.05) is 42.1 Å². The standard InChI is InChI=1S/C24H29N5O3S/c1-31-20-9-8-19(15-21(20)32-2)23-26-27-24(29(23)25)33-16-22(30)28-12-10-18(11-13-28)14-17-6-4-3-5-7-17/h3-9,15,18H,10-14,16,25H2,1-2H3. The van der Waals surface area contributed by atoms with Gasteiger partial charge >= 0.3 is 0 Å². The summed E-state index contributed by atoms with van der Waals surface area (Å²) in [5.41, 5.74) is 2.12. The van der Waals surface area contributed by atoms with E-state index < -0.39 is 0 Å². The van der Waals surface area contributed by atoms with Gasteiger partial charge in [-0.05, 0) is 48.9 Å². The molecule has 8 nitrogen and oxygen atoms in total. The molecule has 0 aliphatic carbocycles. The first-order chi connectivity index (χ1) is 16.1. The van der Waals surface area contributed by atoms with E-state index >= 15 is 0 Å². The van der Waals surface area contributed by atoms with Crippen molar-refractivity contribution in [2.24, 2.45) is 5.92 Å². The first-order valence-corrected chi connectivity index (χ1v) is 11.9. The van der Waals surface area contributed by atoms with Crippen molar-refractivity contribution >= 4 is 17.7 Å². The molecule has 1 aliphatic heterocycles. The second kappa shape index (κ2) is 10.6. The van der Waals surface area contributed by atoms with Gasteiger partial charge in [-0.15, -0.1) is 10.2 Å². The van der Waals surface area contributed by atoms with E-state index in [2.05, 4.69) is 34.5 Å². The van der Waals surface area contributed by atoms with E-state index in [0.717, 1.165) is 37.9 Å². The normalized spacial score (nSPS) is 14.3. The summed E-state index contributed by atoms with van der Waals surface area (Å²) >= 11 is 1.30. The van der Waals surface area contributed by atoms with Crippen LogP contribution >= 0.6 is 11.8 Å². The third-order valence-corrected chi connectivity index (χ3v) is 6.89. The molecule has 0 radical (unpaired) electrons. The highest BCUT2D eigenvalue weighted by Crippen LogP contribution is 2.32. The lowest BCUT2D eigenvalue weighted by molar-refractivity contribution is -0.129. The summed E-state index contributed by atoms with van der Waals surface area (Å²) in [4.78, 5) is 14.7. The number of likely N-dealkylation sites (tertiary alicyclic amines) is 1. The Morgan fingerprint density at radius 1 is 1.06 bits per heavy atom. The molecule has 0 unspecified atom stereocenters. The molecule has 1 aliphatic rings. The quantitative estimate of drug-likeness (QED) is 0.401. The van der Waals surface area contributed by atoms with Gasteiger partial charge in [0, 0.05) is 18.7 Å². The van der Waals surface area contributed by atoms with Gasteiger partial charge in [-0.3, -0.25) is 4.79 Å². The van der Waals surface area contributed by atoms with E-state index in [1.165, 1.54) is 22.0 Å². The number of carbonyl (C=O) groups is 1. The predicted molar refractivity (Wildman–Crippen MR) is 129 cm³/mol. The van der Waals surface area contributed by atoms with Gasteiger partial charge in [0.2, 0.25) is 11.1 Å². The van der Waals surface area contributed by atoms with Crippen LogP contribution in [0.15, 0.2) is 53.7 Å². The number of amides is 1. The Morgan fingerprint density at radius 3 is 2.48 bits per heavy atom. The lowest BCUT2D eigenvalue weighted by atomic mass is 9.90. The Labute approximate surface area is 198 Å². The fraction of sp³-hybridized carbons (Fsp3) is 0.375. The number of ether oxygens (including phenoxy) is 2. The van der Waals surface area contributed by atoms with Gasteiger partial charge in [0.05, 0.1) is 20.0 Å². The van der Waals surface area contributed by atoms with Crippen molar-refractivity contribution in [3.05, 3.63) is 54.1 Å². The summed E-state index contributed by atoms with van der Waals surface area (Å²) in [5.74, 6) is 8.94. The smallest absolute Gasteiger partial charge is 0.233 e. The summed E-state index contributed by atoms with van der Waals surface area (Å²) in [5, 5.41) is 8.87. The fourth-order valence-electron chi connectivity index (χ4n) is 4.10. The summed E-state index contributed by atoms with van der Waals surface area (Å²) in [7, 11) is 3.16. The van der Waals surface area contributed by atoms with Crippen LogP contribution in [0.1, 0.15) is 18.4 Å². The molecule has 9 heteroatoms. The van der Waals surface area contributed by atoms with Crippen molar-refractivity contribution in [2.45, 2.75) is 24.4 Å². The van der Waals surface area contributed by atoms with Crippen LogP contribution in [0.25, 0.3) is 11.4 Å². The van der Waals surface area contributed by atoms with Crippen molar-refractivity contribution < 1.29 is 14.3 Å². The highest BCUT2D eigenvalue weighted by Gasteiger charge is 2.24. The van der Waals surface area contributed by atoms with Crippen LogP contribution in [0, 0.1) is 5.92 Å². The monoisotopic (exact) mass is 467 g/mol. The maximum atomic E-state index is 12.8. The molecule has 1 aromatic heterocycles. The van der Waals surface area contributed by atoms with Gasteiger partial charge in [0.15, 0.2) is 17.3 Å². The third kappa shape index (κ3) is 5.42. The van der Waals surface area contributed by atoms with Crippen LogP contribution in [0.5, 0.6) is 11.5 Å². The fourth-order valence-corrected chi connectivity index (χ4v) is 4.86. The van der Waals surface area contributed by atoms with E-state index in [-0.39, 0.29) is 11.7 Å². The van der Waals surface area contributed by atoms with Crippen LogP contribution in [0.3, 0.4) is 0 Å². The van der Waals surface area contributed by atoms with Gasteiger partial charge in [-0.25, -0.2) is 4.68 Å². The number of piperidine rings is 1. The molecule has 0 saturated carbocycles. The van der Waals surface area contributed by atoms with Crippen LogP contribution in [0.4, 0.5) is 0 Å². The number of benzene rings is 2. The molecule has 0 atom stereocenters. The maximum absolute atomic E-state index is 12.8. The zero-order chi connectivity index (χ0) is 23.2. The van der Waals surface area contributed by atoms with Gasteiger partial charge in [0.1, 0.15) is 0 Å². The Hall–Kier alpha value is -3.20. The van der Waals surface area contributed by atoms with Crippen LogP contribution in [-0.4, -0.2) is 58.7 Å². The zero-order valence-electron chi connectivity index (χ0n) is 18.9. The molecule has 2 N–H and O–H groups in total. The number of hydrogen-bond donors (Lipinski definition) is 1. The Morgan fingerprint density at radius 2 is 1.79 bits per heavy atom. The summed E-state index contributed by atoms with van der Waals surface area (Å²) in [6.45, 7) is 1.59. The number of nitrogen functional groups attached to an aromatic ring is 1. The minimum Gasteiger partial charge on any atom is -0.493 e. The van der Waals surface area contributed by atoms with Gasteiger partial charge < -0.3 is 20.2 Å². The molecule has 1 fully saturated rings. The number of methoxy groups -OCH3 is 2. The van der Waals surface area contributed by atoms with Crippen LogP contribution in [-0.2, 0) is 11.2 Å². The second-order valence-corrected chi connectivity index (χ2v) is 8.99. The van der Waals surface area contributed by atoms with Crippen molar-refractivity contribution in [2.75, 3.05) is 38.9 Å². The minimum absolute atomic E-state index is 0.105. The number of nitrogens with zero attached hydrogens (tertiary/aromatic N) is 4. The summed E-state index contributed by atoms with van der Waals surface area (Å²) in [6.07, 6.45) is 3.14. The average molecular weight is 468 g/mol. The molecular formula is C24H29N5O3S. The Kier molecular flexibility index (Phi) is 7.39. The lowest BCUT2D eigenvalue weighted by Gasteiger charge is -2.32. The molecular weight excluding hydrogens is 438 g/mol. The number of hydrogen-bond acceptors (Lipinski definition) is 7. The summed E-state index contributed by atoms with van der Waals surface area (Å²) < 4.78 is 12.0. The molecule has 2 aromatic carbocycles. The van der Waals surface area contributed by atoms with E-state index in [1.807, 2.05) is 17.0 Å². The molecule has 0 spiro atoms. The number of nitrogens with two attached hydrogens (primary N) is 1. The SMILES string of the molecule is COc1ccc(-c2nnc(SCC(=O)N3CCC(Cc4ccccc4)CC3)n2N)cc1OC. The molecule has 1 saturated heterocycles. The lowest BCUT2D eigenvalue weighted by Crippen LogP contribution is -2.39. The topological polar surface area (TPSA) is 95.5 Å². The van der Waals surface area contributed by atoms with Crippen LogP contribution in [0.2, 0.25) is 0 Å². The maximum Gasteiger partial charge on any atom is 0.233 e. The van der Waals surface area contributed by atoms with Gasteiger partial charge in [-0.2, -0.15) is 0 Å². The Balaban J connectivity index is 1.31. The van der Waals surface area contributed by atoms with Crippen molar-refractivity contribution in [3.63, 3.8) is 0 Å².